The number of H-pyrrole nitrogens is 1. The molecule has 2 aromatic heterocycles. The number of aromatic amines is 1. The highest BCUT2D eigenvalue weighted by molar-refractivity contribution is 6.09. The topological polar surface area (TPSA) is 84.7 Å². The molecule has 2 heterocycles. The Kier molecular flexibility index (Phi) is 4.16. The molecule has 3 N–H and O–H groups in total. The van der Waals surface area contributed by atoms with Gasteiger partial charge in [0, 0.05) is 12.3 Å². The predicted molar refractivity (Wildman–Crippen MR) is 90.8 cm³/mol. The van der Waals surface area contributed by atoms with Gasteiger partial charge in [-0.25, -0.2) is 4.98 Å². The van der Waals surface area contributed by atoms with Crippen LogP contribution >= 0.6 is 0 Å². The van der Waals surface area contributed by atoms with Crippen LogP contribution in [-0.4, -0.2) is 21.0 Å². The summed E-state index contributed by atoms with van der Waals surface area (Å²) < 4.78 is 0. The fourth-order valence-corrected chi connectivity index (χ4v) is 3.42. The van der Waals surface area contributed by atoms with Gasteiger partial charge in [0.15, 0.2) is 11.4 Å². The van der Waals surface area contributed by atoms with Gasteiger partial charge in [0.2, 0.25) is 0 Å². The first-order valence-corrected chi connectivity index (χ1v) is 7.83. The fourth-order valence-electron chi connectivity index (χ4n) is 3.42. The summed E-state index contributed by atoms with van der Waals surface area (Å²) in [5, 5.41) is 7.53. The van der Waals surface area contributed by atoms with E-state index < -0.39 is 0 Å². The van der Waals surface area contributed by atoms with Crippen LogP contribution in [0.3, 0.4) is 0 Å². The molecule has 1 aliphatic carbocycles. The molecule has 0 fully saturated rings. The highest BCUT2D eigenvalue weighted by atomic mass is 16.1. The van der Waals surface area contributed by atoms with Gasteiger partial charge in [-0.2, -0.15) is 5.10 Å². The molecule has 118 valence electrons. The number of nitrogens with one attached hydrogen (secondary N) is 1. The molecule has 5 nitrogen and oxygen atoms in total. The second-order valence-electron chi connectivity index (χ2n) is 5.90. The second-order valence-corrected chi connectivity index (χ2v) is 5.90. The molecule has 2 atom stereocenters. The number of ketones is 1. The maximum absolute atomic E-state index is 13.0. The zero-order valence-corrected chi connectivity index (χ0v) is 13.2. The molecular formula is C18H20N4O. The lowest BCUT2D eigenvalue weighted by molar-refractivity contribution is 0.0848. The van der Waals surface area contributed by atoms with Crippen molar-refractivity contribution in [2.75, 3.05) is 5.73 Å². The third-order valence-corrected chi connectivity index (χ3v) is 4.56. The van der Waals surface area contributed by atoms with Crippen LogP contribution in [0, 0.1) is 23.7 Å². The number of hydrogen-bond donors (Lipinski definition) is 2. The normalized spacial score (nSPS) is 20.0. The number of Topliss-reactive ketones (excluding diaryl/α,β-unsaturated/α-hetero) is 1. The van der Waals surface area contributed by atoms with Crippen LogP contribution in [0.4, 0.5) is 5.69 Å². The number of allylic oxidation sites excluding steroid dienone is 1. The van der Waals surface area contributed by atoms with E-state index in [4.69, 9.17) is 5.73 Å². The maximum Gasteiger partial charge on any atom is 0.170 e. The molecule has 0 bridgehead atoms. The van der Waals surface area contributed by atoms with Gasteiger partial charge >= 0.3 is 0 Å². The minimum Gasteiger partial charge on any atom is -0.397 e. The summed E-state index contributed by atoms with van der Waals surface area (Å²) in [7, 11) is 0. The molecule has 0 spiro atoms. The summed E-state index contributed by atoms with van der Waals surface area (Å²) in [5.74, 6) is 6.21. The Bertz CT molecular complexity index is 825. The Morgan fingerprint density at radius 1 is 1.57 bits per heavy atom. The number of nitrogens with two attached hydrogens (primary N) is 1. The number of carbonyl (C=O) groups excluding carboxylic acids is 1. The SMILES string of the molecule is C=CCC1C(=O)c2c(nc3[nH]ncc3c2N)CC1CCC#CC. The summed E-state index contributed by atoms with van der Waals surface area (Å²) in [4.78, 5) is 17.6. The summed E-state index contributed by atoms with van der Waals surface area (Å²) in [5.41, 5.74) is 8.71. The molecule has 5 heteroatoms. The lowest BCUT2D eigenvalue weighted by atomic mass is 9.72. The largest absolute Gasteiger partial charge is 0.397 e. The molecule has 0 aromatic carbocycles. The Morgan fingerprint density at radius 2 is 2.39 bits per heavy atom. The first kappa shape index (κ1) is 15.3. The van der Waals surface area contributed by atoms with E-state index in [1.165, 1.54) is 0 Å². The number of anilines is 1. The molecule has 3 rings (SSSR count). The number of fused-ring (bicyclic) bond motifs is 2. The third kappa shape index (κ3) is 2.61. The summed E-state index contributed by atoms with van der Waals surface area (Å²) in [6, 6.07) is 0. The first-order chi connectivity index (χ1) is 11.2. The number of rotatable bonds is 4. The van der Waals surface area contributed by atoms with Gasteiger partial charge in [-0.3, -0.25) is 9.89 Å². The zero-order chi connectivity index (χ0) is 16.4. The van der Waals surface area contributed by atoms with E-state index >= 15 is 0 Å². The van der Waals surface area contributed by atoms with E-state index in [1.54, 1.807) is 6.20 Å². The minimum atomic E-state index is -0.0906. The number of hydrogen-bond acceptors (Lipinski definition) is 4. The molecule has 0 radical (unpaired) electrons. The lowest BCUT2D eigenvalue weighted by Gasteiger charge is -2.31. The maximum atomic E-state index is 13.0. The van der Waals surface area contributed by atoms with Crippen molar-refractivity contribution in [1.29, 1.82) is 0 Å². The quantitative estimate of drug-likeness (QED) is 0.672. The molecule has 0 saturated heterocycles. The number of aromatic nitrogens is 3. The average molecular weight is 308 g/mol. The van der Waals surface area contributed by atoms with Gasteiger partial charge in [-0.15, -0.1) is 18.4 Å². The van der Waals surface area contributed by atoms with Crippen molar-refractivity contribution in [1.82, 2.24) is 15.2 Å². The van der Waals surface area contributed by atoms with E-state index in [0.29, 0.717) is 28.7 Å². The summed E-state index contributed by atoms with van der Waals surface area (Å²) >= 11 is 0. The monoisotopic (exact) mass is 308 g/mol. The minimum absolute atomic E-state index is 0.0775. The van der Waals surface area contributed by atoms with Gasteiger partial charge < -0.3 is 5.73 Å². The van der Waals surface area contributed by atoms with Crippen LogP contribution in [0.1, 0.15) is 42.2 Å². The van der Waals surface area contributed by atoms with Crippen molar-refractivity contribution in [2.45, 2.75) is 32.6 Å². The lowest BCUT2D eigenvalue weighted by Crippen LogP contribution is -2.33. The molecule has 2 aromatic rings. The molecule has 0 amide bonds. The third-order valence-electron chi connectivity index (χ3n) is 4.56. The van der Waals surface area contributed by atoms with Gasteiger partial charge in [0.1, 0.15) is 0 Å². The van der Waals surface area contributed by atoms with E-state index in [2.05, 4.69) is 33.6 Å². The van der Waals surface area contributed by atoms with E-state index in [1.807, 2.05) is 13.0 Å². The Labute approximate surface area is 135 Å². The van der Waals surface area contributed by atoms with Crippen molar-refractivity contribution < 1.29 is 4.79 Å². The van der Waals surface area contributed by atoms with E-state index in [9.17, 15) is 4.79 Å². The van der Waals surface area contributed by atoms with Crippen LogP contribution in [0.2, 0.25) is 0 Å². The van der Waals surface area contributed by atoms with Crippen LogP contribution < -0.4 is 5.73 Å². The van der Waals surface area contributed by atoms with Crippen molar-refractivity contribution in [2.24, 2.45) is 11.8 Å². The fraction of sp³-hybridized carbons (Fsp3) is 0.389. The molecule has 23 heavy (non-hydrogen) atoms. The first-order valence-electron chi connectivity index (χ1n) is 7.83. The van der Waals surface area contributed by atoms with Gasteiger partial charge in [0.05, 0.1) is 28.5 Å². The Morgan fingerprint density at radius 3 is 3.13 bits per heavy atom. The molecular weight excluding hydrogens is 288 g/mol. The molecule has 0 saturated carbocycles. The molecule has 2 unspecified atom stereocenters. The Balaban J connectivity index is 2.04. The number of nitrogen functional groups attached to an aromatic ring is 1. The predicted octanol–water partition coefficient (Wildman–Crippen LogP) is 2.89. The van der Waals surface area contributed by atoms with Crippen molar-refractivity contribution in [3.8, 4) is 11.8 Å². The number of nitrogens with zero attached hydrogens (tertiary/aromatic N) is 2. The van der Waals surface area contributed by atoms with E-state index in [0.717, 1.165) is 25.0 Å². The van der Waals surface area contributed by atoms with Crippen LogP contribution in [0.25, 0.3) is 11.0 Å². The van der Waals surface area contributed by atoms with E-state index in [-0.39, 0.29) is 17.6 Å². The smallest absolute Gasteiger partial charge is 0.170 e. The summed E-state index contributed by atoms with van der Waals surface area (Å²) in [6.45, 7) is 5.63. The standard InChI is InChI=1S/C18H20N4O/c1-3-5-6-8-11-9-14-15(17(23)12(11)7-4-2)16(19)13-10-20-22-18(13)21-14/h4,10-12H,2,6-9H2,1H3,(H3,19,20,21,22). The Hall–Kier alpha value is -2.61. The summed E-state index contributed by atoms with van der Waals surface area (Å²) in [6.07, 6.45) is 6.50. The zero-order valence-electron chi connectivity index (χ0n) is 13.2. The van der Waals surface area contributed by atoms with Gasteiger partial charge in [-0.1, -0.05) is 6.08 Å². The second kappa shape index (κ2) is 6.25. The number of pyridine rings is 1. The highest BCUT2D eigenvalue weighted by Crippen LogP contribution is 2.38. The molecule has 0 aliphatic heterocycles. The molecule has 1 aliphatic rings. The number of carbonyl (C=O) groups is 1. The average Bonchev–Trinajstić information content (AvgIpc) is 2.99. The van der Waals surface area contributed by atoms with Gasteiger partial charge in [0.25, 0.3) is 0 Å². The van der Waals surface area contributed by atoms with Gasteiger partial charge in [-0.05, 0) is 32.1 Å². The van der Waals surface area contributed by atoms with Crippen LogP contribution in [0.15, 0.2) is 18.9 Å². The van der Waals surface area contributed by atoms with Crippen molar-refractivity contribution in [3.63, 3.8) is 0 Å². The van der Waals surface area contributed by atoms with Crippen molar-refractivity contribution >= 4 is 22.5 Å². The van der Waals surface area contributed by atoms with Crippen LogP contribution in [-0.2, 0) is 6.42 Å². The van der Waals surface area contributed by atoms with Crippen LogP contribution in [0.5, 0.6) is 0 Å². The highest BCUT2D eigenvalue weighted by Gasteiger charge is 2.37. The van der Waals surface area contributed by atoms with Crippen molar-refractivity contribution in [3.05, 3.63) is 30.1 Å².